The number of halogens is 2. The third-order valence-electron chi connectivity index (χ3n) is 2.88. The molecule has 20 heavy (non-hydrogen) atoms. The molecule has 3 nitrogen and oxygen atoms in total. The van der Waals surface area contributed by atoms with Crippen LogP contribution in [0.5, 0.6) is 0 Å². The van der Waals surface area contributed by atoms with Crippen molar-refractivity contribution in [1.82, 2.24) is 10.3 Å². The van der Waals surface area contributed by atoms with Crippen LogP contribution in [0.2, 0.25) is 0 Å². The Labute approximate surface area is 120 Å². The summed E-state index contributed by atoms with van der Waals surface area (Å²) in [5.74, 6) is -1.38. The Morgan fingerprint density at radius 2 is 2.20 bits per heavy atom. The van der Waals surface area contributed by atoms with Crippen LogP contribution in [0.4, 0.5) is 8.78 Å². The molecule has 1 aromatic heterocycles. The van der Waals surface area contributed by atoms with Gasteiger partial charge in [-0.15, -0.1) is 11.3 Å². The van der Waals surface area contributed by atoms with E-state index in [4.69, 9.17) is 0 Å². The number of nitrogens with one attached hydrogen (secondary N) is 1. The molecule has 2 rings (SSSR count). The van der Waals surface area contributed by atoms with Crippen LogP contribution in [-0.4, -0.2) is 23.2 Å². The predicted molar refractivity (Wildman–Crippen MR) is 74.7 cm³/mol. The molecule has 0 aliphatic heterocycles. The molecule has 0 spiro atoms. The molecule has 1 heterocycles. The Balaban J connectivity index is 1.78. The summed E-state index contributed by atoms with van der Waals surface area (Å²) in [4.78, 5) is 4.32. The first-order valence-electron chi connectivity index (χ1n) is 6.31. The third kappa shape index (κ3) is 4.06. The molecule has 2 aromatic rings. The molecule has 0 aliphatic rings. The van der Waals surface area contributed by atoms with Gasteiger partial charge in [0.1, 0.15) is 11.6 Å². The number of hydrogen-bond donors (Lipinski definition) is 2. The number of aliphatic hydroxyl groups excluding tert-OH is 1. The number of thiazole rings is 1. The topological polar surface area (TPSA) is 45.2 Å². The van der Waals surface area contributed by atoms with Crippen LogP contribution in [0.1, 0.15) is 22.4 Å². The summed E-state index contributed by atoms with van der Waals surface area (Å²) in [6, 6.07) is 3.18. The summed E-state index contributed by atoms with van der Waals surface area (Å²) in [5.41, 5.74) is 1.10. The van der Waals surface area contributed by atoms with Gasteiger partial charge >= 0.3 is 0 Å². The smallest absolute Gasteiger partial charge is 0.131 e. The second kappa shape index (κ2) is 6.88. The van der Waals surface area contributed by atoms with Crippen molar-refractivity contribution in [2.24, 2.45) is 0 Å². The molecule has 2 N–H and O–H groups in total. The van der Waals surface area contributed by atoms with Crippen LogP contribution in [0.15, 0.2) is 23.6 Å². The minimum absolute atomic E-state index is 0.100. The Morgan fingerprint density at radius 1 is 1.40 bits per heavy atom. The standard InChI is InChI=1S/C14H16F2N2OS/c1-9-18-11(8-20-9)4-5-17-7-14(19)12-3-2-10(15)6-13(12)16/h2-3,6,8,14,17,19H,4-5,7H2,1H3. The highest BCUT2D eigenvalue weighted by Gasteiger charge is 2.13. The van der Waals surface area contributed by atoms with Crippen molar-refractivity contribution in [3.63, 3.8) is 0 Å². The molecule has 0 saturated heterocycles. The zero-order chi connectivity index (χ0) is 14.5. The molecule has 0 saturated carbocycles. The average molecular weight is 298 g/mol. The number of aromatic nitrogens is 1. The van der Waals surface area contributed by atoms with E-state index in [9.17, 15) is 13.9 Å². The first-order chi connectivity index (χ1) is 9.56. The second-order valence-electron chi connectivity index (χ2n) is 4.49. The number of hydrogen-bond acceptors (Lipinski definition) is 4. The second-order valence-corrected chi connectivity index (χ2v) is 5.56. The van der Waals surface area contributed by atoms with Crippen molar-refractivity contribution in [2.45, 2.75) is 19.4 Å². The molecule has 1 aromatic carbocycles. The summed E-state index contributed by atoms with van der Waals surface area (Å²) in [5, 5.41) is 15.9. The Hall–Kier alpha value is -1.37. The number of benzene rings is 1. The van der Waals surface area contributed by atoms with Gasteiger partial charge in [-0.05, 0) is 13.0 Å². The van der Waals surface area contributed by atoms with Crippen molar-refractivity contribution in [3.05, 3.63) is 51.5 Å². The zero-order valence-corrected chi connectivity index (χ0v) is 11.9. The Bertz CT molecular complexity index is 574. The number of aryl methyl sites for hydroxylation is 1. The van der Waals surface area contributed by atoms with Gasteiger partial charge in [-0.3, -0.25) is 0 Å². The summed E-state index contributed by atoms with van der Waals surface area (Å²) >= 11 is 1.60. The summed E-state index contributed by atoms with van der Waals surface area (Å²) in [7, 11) is 0. The van der Waals surface area contributed by atoms with Gasteiger partial charge in [-0.25, -0.2) is 13.8 Å². The van der Waals surface area contributed by atoms with E-state index in [2.05, 4.69) is 10.3 Å². The molecule has 108 valence electrons. The van der Waals surface area contributed by atoms with Crippen molar-refractivity contribution in [2.75, 3.05) is 13.1 Å². The minimum atomic E-state index is -0.993. The van der Waals surface area contributed by atoms with Crippen molar-refractivity contribution in [3.8, 4) is 0 Å². The van der Waals surface area contributed by atoms with Gasteiger partial charge in [-0.2, -0.15) is 0 Å². The van der Waals surface area contributed by atoms with E-state index >= 15 is 0 Å². The van der Waals surface area contributed by atoms with Crippen molar-refractivity contribution in [1.29, 1.82) is 0 Å². The predicted octanol–water partition coefficient (Wildman–Crippen LogP) is 2.60. The monoisotopic (exact) mass is 298 g/mol. The lowest BCUT2D eigenvalue weighted by atomic mass is 10.1. The summed E-state index contributed by atoms with van der Waals surface area (Å²) in [6.45, 7) is 2.80. The van der Waals surface area contributed by atoms with E-state index in [1.807, 2.05) is 12.3 Å². The fraction of sp³-hybridized carbons (Fsp3) is 0.357. The van der Waals surface area contributed by atoms with Gasteiger partial charge in [0.15, 0.2) is 0 Å². The fourth-order valence-corrected chi connectivity index (χ4v) is 2.51. The molecule has 0 fully saturated rings. The lowest BCUT2D eigenvalue weighted by Gasteiger charge is -2.12. The van der Waals surface area contributed by atoms with Crippen LogP contribution in [-0.2, 0) is 6.42 Å². The van der Waals surface area contributed by atoms with E-state index in [0.29, 0.717) is 6.54 Å². The number of aliphatic hydroxyl groups is 1. The van der Waals surface area contributed by atoms with Gasteiger partial charge in [0.05, 0.1) is 16.8 Å². The Kier molecular flexibility index (Phi) is 5.17. The normalized spacial score (nSPS) is 12.6. The SMILES string of the molecule is Cc1nc(CCNCC(O)c2ccc(F)cc2F)cs1. The third-order valence-corrected chi connectivity index (χ3v) is 3.71. The van der Waals surface area contributed by atoms with Crippen LogP contribution < -0.4 is 5.32 Å². The molecule has 0 radical (unpaired) electrons. The van der Waals surface area contributed by atoms with Crippen LogP contribution in [0.3, 0.4) is 0 Å². The lowest BCUT2D eigenvalue weighted by molar-refractivity contribution is 0.170. The quantitative estimate of drug-likeness (QED) is 0.806. The minimum Gasteiger partial charge on any atom is -0.387 e. The van der Waals surface area contributed by atoms with Gasteiger partial charge in [0.2, 0.25) is 0 Å². The highest BCUT2D eigenvalue weighted by atomic mass is 32.1. The first-order valence-corrected chi connectivity index (χ1v) is 7.19. The maximum atomic E-state index is 13.4. The molecule has 0 bridgehead atoms. The maximum absolute atomic E-state index is 13.4. The van der Waals surface area contributed by atoms with Crippen LogP contribution in [0, 0.1) is 18.6 Å². The molecule has 0 aliphatic carbocycles. The summed E-state index contributed by atoms with van der Waals surface area (Å²) in [6.07, 6.45) is -0.240. The van der Waals surface area contributed by atoms with Crippen molar-refractivity contribution >= 4 is 11.3 Å². The van der Waals surface area contributed by atoms with Gasteiger partial charge < -0.3 is 10.4 Å². The highest BCUT2D eigenvalue weighted by molar-refractivity contribution is 7.09. The zero-order valence-electron chi connectivity index (χ0n) is 11.1. The maximum Gasteiger partial charge on any atom is 0.131 e. The van der Waals surface area contributed by atoms with E-state index < -0.39 is 17.7 Å². The number of rotatable bonds is 6. The highest BCUT2D eigenvalue weighted by Crippen LogP contribution is 2.17. The van der Waals surface area contributed by atoms with Gasteiger partial charge in [-0.1, -0.05) is 6.07 Å². The molecule has 1 unspecified atom stereocenters. The van der Waals surface area contributed by atoms with Gasteiger partial charge in [0.25, 0.3) is 0 Å². The molecule has 6 heteroatoms. The number of nitrogens with zero attached hydrogens (tertiary/aromatic N) is 1. The van der Waals surface area contributed by atoms with Crippen molar-refractivity contribution < 1.29 is 13.9 Å². The van der Waals surface area contributed by atoms with Crippen LogP contribution >= 0.6 is 11.3 Å². The van der Waals surface area contributed by atoms with Gasteiger partial charge in [0, 0.05) is 36.5 Å². The molecule has 0 amide bonds. The van der Waals surface area contributed by atoms with E-state index in [-0.39, 0.29) is 12.1 Å². The molecule has 1 atom stereocenters. The Morgan fingerprint density at radius 3 is 2.85 bits per heavy atom. The van der Waals surface area contributed by atoms with E-state index in [0.717, 1.165) is 29.3 Å². The lowest BCUT2D eigenvalue weighted by Crippen LogP contribution is -2.24. The van der Waals surface area contributed by atoms with Crippen LogP contribution in [0.25, 0.3) is 0 Å². The largest absolute Gasteiger partial charge is 0.387 e. The van der Waals surface area contributed by atoms with E-state index in [1.165, 1.54) is 6.07 Å². The molecular formula is C14H16F2N2OS. The first kappa shape index (κ1) is 15.0. The average Bonchev–Trinajstić information content (AvgIpc) is 2.80. The van der Waals surface area contributed by atoms with E-state index in [1.54, 1.807) is 11.3 Å². The summed E-state index contributed by atoms with van der Waals surface area (Å²) < 4.78 is 26.2. The molecular weight excluding hydrogens is 282 g/mol. The fourth-order valence-electron chi connectivity index (χ4n) is 1.86.